The number of carbonyl (C=O) groups excluding carboxylic acids is 1. The number of nitrogen functional groups attached to an aromatic ring is 1. The van der Waals surface area contributed by atoms with E-state index in [1.807, 2.05) is 17.9 Å². The number of hydrogen-bond acceptors (Lipinski definition) is 3. The molecule has 0 atom stereocenters. The number of hydrogen-bond donors (Lipinski definition) is 2. The van der Waals surface area contributed by atoms with E-state index in [0.29, 0.717) is 17.9 Å². The summed E-state index contributed by atoms with van der Waals surface area (Å²) < 4.78 is 0. The van der Waals surface area contributed by atoms with E-state index < -0.39 is 0 Å². The molecule has 5 nitrogen and oxygen atoms in total. The molecule has 1 aromatic carbocycles. The number of anilines is 1. The van der Waals surface area contributed by atoms with Gasteiger partial charge in [-0.2, -0.15) is 5.10 Å². The van der Waals surface area contributed by atoms with Crippen molar-refractivity contribution in [3.05, 3.63) is 23.9 Å². The number of aromatic nitrogens is 2. The lowest BCUT2D eigenvalue weighted by Gasteiger charge is -2.19. The molecule has 5 heteroatoms. The molecule has 19 heavy (non-hydrogen) atoms. The van der Waals surface area contributed by atoms with Crippen molar-refractivity contribution >= 4 is 22.5 Å². The molecule has 0 saturated carbocycles. The second-order valence-electron chi connectivity index (χ2n) is 4.62. The van der Waals surface area contributed by atoms with Crippen molar-refractivity contribution in [2.75, 3.05) is 18.8 Å². The highest BCUT2D eigenvalue weighted by Gasteiger charge is 2.19. The molecule has 102 valence electrons. The minimum atomic E-state index is -0.0344. The number of fused-ring (bicyclic) bond motifs is 1. The molecule has 0 spiro atoms. The van der Waals surface area contributed by atoms with E-state index in [-0.39, 0.29) is 5.91 Å². The summed E-state index contributed by atoms with van der Waals surface area (Å²) in [5.41, 5.74) is 7.71. The Labute approximate surface area is 112 Å². The normalized spacial score (nSPS) is 10.8. The number of nitrogens with two attached hydrogens (primary N) is 1. The molecule has 0 aliphatic heterocycles. The molecule has 1 heterocycles. The molecular weight excluding hydrogens is 240 g/mol. The second-order valence-corrected chi connectivity index (χ2v) is 4.62. The number of benzene rings is 1. The highest BCUT2D eigenvalue weighted by atomic mass is 16.2. The van der Waals surface area contributed by atoms with Gasteiger partial charge in [-0.3, -0.25) is 9.89 Å². The van der Waals surface area contributed by atoms with Crippen LogP contribution in [-0.4, -0.2) is 34.1 Å². The number of H-pyrrole nitrogens is 1. The third-order valence-electron chi connectivity index (χ3n) is 3.24. The fourth-order valence-corrected chi connectivity index (χ4v) is 2.10. The van der Waals surface area contributed by atoms with Crippen LogP contribution in [0.3, 0.4) is 0 Å². The van der Waals surface area contributed by atoms with Crippen LogP contribution in [0, 0.1) is 0 Å². The number of nitrogens with zero attached hydrogens (tertiary/aromatic N) is 2. The summed E-state index contributed by atoms with van der Waals surface area (Å²) in [5.74, 6) is -0.0344. The van der Waals surface area contributed by atoms with E-state index in [4.69, 9.17) is 5.73 Å². The maximum absolute atomic E-state index is 12.5. The Morgan fingerprint density at radius 3 is 2.89 bits per heavy atom. The van der Waals surface area contributed by atoms with Crippen molar-refractivity contribution in [2.45, 2.75) is 26.7 Å². The van der Waals surface area contributed by atoms with Gasteiger partial charge in [0.2, 0.25) is 0 Å². The van der Waals surface area contributed by atoms with Gasteiger partial charge in [-0.05, 0) is 31.5 Å². The van der Waals surface area contributed by atoms with E-state index in [1.54, 1.807) is 12.1 Å². The zero-order chi connectivity index (χ0) is 13.8. The first-order valence-corrected chi connectivity index (χ1v) is 6.70. The molecular formula is C14H20N4O. The monoisotopic (exact) mass is 260 g/mol. The lowest BCUT2D eigenvalue weighted by Crippen LogP contribution is -2.32. The smallest absolute Gasteiger partial charge is 0.274 e. The van der Waals surface area contributed by atoms with Gasteiger partial charge in [0.1, 0.15) is 0 Å². The Morgan fingerprint density at radius 1 is 1.42 bits per heavy atom. The summed E-state index contributed by atoms with van der Waals surface area (Å²) in [6.07, 6.45) is 2.07. The zero-order valence-corrected chi connectivity index (χ0v) is 11.4. The third-order valence-corrected chi connectivity index (χ3v) is 3.24. The van der Waals surface area contributed by atoms with E-state index >= 15 is 0 Å². The van der Waals surface area contributed by atoms with Gasteiger partial charge in [0.15, 0.2) is 5.69 Å². The molecule has 0 radical (unpaired) electrons. The number of nitrogens with one attached hydrogen (secondary N) is 1. The molecule has 0 fully saturated rings. The summed E-state index contributed by atoms with van der Waals surface area (Å²) >= 11 is 0. The lowest BCUT2D eigenvalue weighted by molar-refractivity contribution is 0.0758. The molecule has 0 aliphatic carbocycles. The molecule has 0 unspecified atom stereocenters. The SMILES string of the molecule is CCCCN(CC)C(=O)c1n[nH]c2ccc(N)cc12. The first kappa shape index (κ1) is 13.4. The Balaban J connectivity index is 2.32. The van der Waals surface area contributed by atoms with Crippen LogP contribution in [-0.2, 0) is 0 Å². The van der Waals surface area contributed by atoms with Gasteiger partial charge < -0.3 is 10.6 Å². The largest absolute Gasteiger partial charge is 0.399 e. The van der Waals surface area contributed by atoms with Crippen LogP contribution in [0.5, 0.6) is 0 Å². The van der Waals surface area contributed by atoms with Gasteiger partial charge in [0, 0.05) is 24.2 Å². The van der Waals surface area contributed by atoms with Crippen molar-refractivity contribution < 1.29 is 4.79 Å². The third kappa shape index (κ3) is 2.70. The van der Waals surface area contributed by atoms with Gasteiger partial charge in [-0.25, -0.2) is 0 Å². The van der Waals surface area contributed by atoms with Crippen LogP contribution in [0.2, 0.25) is 0 Å². The fourth-order valence-electron chi connectivity index (χ4n) is 2.10. The minimum Gasteiger partial charge on any atom is -0.399 e. The molecule has 1 aromatic heterocycles. The average molecular weight is 260 g/mol. The van der Waals surface area contributed by atoms with Gasteiger partial charge in [0.25, 0.3) is 5.91 Å². The predicted molar refractivity (Wildman–Crippen MR) is 77.0 cm³/mol. The first-order chi connectivity index (χ1) is 9.17. The average Bonchev–Trinajstić information content (AvgIpc) is 2.82. The summed E-state index contributed by atoms with van der Waals surface area (Å²) in [4.78, 5) is 14.3. The van der Waals surface area contributed by atoms with Crippen LogP contribution in [0.25, 0.3) is 10.9 Å². The zero-order valence-electron chi connectivity index (χ0n) is 11.4. The van der Waals surface area contributed by atoms with Crippen molar-refractivity contribution in [2.24, 2.45) is 0 Å². The second kappa shape index (κ2) is 5.73. The molecule has 0 bridgehead atoms. The summed E-state index contributed by atoms with van der Waals surface area (Å²) in [6, 6.07) is 5.43. The maximum atomic E-state index is 12.5. The Kier molecular flexibility index (Phi) is 4.04. The minimum absolute atomic E-state index is 0.0344. The molecule has 0 saturated heterocycles. The van der Waals surface area contributed by atoms with Crippen molar-refractivity contribution in [1.82, 2.24) is 15.1 Å². The van der Waals surface area contributed by atoms with Crippen LogP contribution < -0.4 is 5.73 Å². The van der Waals surface area contributed by atoms with Crippen LogP contribution in [0.4, 0.5) is 5.69 Å². The Hall–Kier alpha value is -2.04. The van der Waals surface area contributed by atoms with Crippen molar-refractivity contribution in [1.29, 1.82) is 0 Å². The number of amides is 1. The van der Waals surface area contributed by atoms with Gasteiger partial charge in [-0.1, -0.05) is 13.3 Å². The topological polar surface area (TPSA) is 75.0 Å². The van der Waals surface area contributed by atoms with Crippen LogP contribution in [0.1, 0.15) is 37.2 Å². The van der Waals surface area contributed by atoms with Crippen LogP contribution >= 0.6 is 0 Å². The van der Waals surface area contributed by atoms with Gasteiger partial charge in [0.05, 0.1) is 5.52 Å². The number of aromatic amines is 1. The van der Waals surface area contributed by atoms with E-state index in [2.05, 4.69) is 17.1 Å². The summed E-state index contributed by atoms with van der Waals surface area (Å²) in [6.45, 7) is 5.55. The summed E-state index contributed by atoms with van der Waals surface area (Å²) in [5, 5.41) is 7.81. The van der Waals surface area contributed by atoms with E-state index in [0.717, 1.165) is 30.3 Å². The van der Waals surface area contributed by atoms with Gasteiger partial charge >= 0.3 is 0 Å². The lowest BCUT2D eigenvalue weighted by atomic mass is 10.1. The standard InChI is InChI=1S/C14H20N4O/c1-3-5-8-18(4-2)14(19)13-11-9-10(15)6-7-12(11)16-17-13/h6-7,9H,3-5,8,15H2,1-2H3,(H,16,17). The fraction of sp³-hybridized carbons (Fsp3) is 0.429. The van der Waals surface area contributed by atoms with Crippen molar-refractivity contribution in [3.63, 3.8) is 0 Å². The predicted octanol–water partition coefficient (Wildman–Crippen LogP) is 2.41. The number of rotatable bonds is 5. The molecule has 1 amide bonds. The summed E-state index contributed by atoms with van der Waals surface area (Å²) in [7, 11) is 0. The Bertz CT molecular complexity index is 576. The van der Waals surface area contributed by atoms with Crippen LogP contribution in [0.15, 0.2) is 18.2 Å². The quantitative estimate of drug-likeness (QED) is 0.811. The van der Waals surface area contributed by atoms with E-state index in [9.17, 15) is 4.79 Å². The van der Waals surface area contributed by atoms with Gasteiger partial charge in [-0.15, -0.1) is 0 Å². The highest BCUT2D eigenvalue weighted by molar-refractivity contribution is 6.05. The highest BCUT2D eigenvalue weighted by Crippen LogP contribution is 2.20. The number of carbonyl (C=O) groups is 1. The maximum Gasteiger partial charge on any atom is 0.274 e. The van der Waals surface area contributed by atoms with E-state index in [1.165, 1.54) is 0 Å². The molecule has 3 N–H and O–H groups in total. The first-order valence-electron chi connectivity index (χ1n) is 6.70. The molecule has 2 aromatic rings. The number of unbranched alkanes of at least 4 members (excludes halogenated alkanes) is 1. The molecule has 0 aliphatic rings. The van der Waals surface area contributed by atoms with Crippen molar-refractivity contribution in [3.8, 4) is 0 Å². The Morgan fingerprint density at radius 2 is 2.21 bits per heavy atom. The molecule has 2 rings (SSSR count).